The summed E-state index contributed by atoms with van der Waals surface area (Å²) in [6, 6.07) is 28.4. The molecule has 0 saturated heterocycles. The Kier molecular flexibility index (Phi) is 4.88. The van der Waals surface area contributed by atoms with Crippen LogP contribution in [0.1, 0.15) is 32.3 Å². The van der Waals surface area contributed by atoms with E-state index in [-0.39, 0.29) is 0 Å². The average molecular weight is 408 g/mol. The molecule has 0 bridgehead atoms. The summed E-state index contributed by atoms with van der Waals surface area (Å²) < 4.78 is 2.58. The van der Waals surface area contributed by atoms with Crippen LogP contribution >= 0.6 is 11.3 Å². The van der Waals surface area contributed by atoms with Crippen molar-refractivity contribution in [2.24, 2.45) is 5.92 Å². The van der Waals surface area contributed by atoms with Crippen LogP contribution in [-0.2, 0) is 0 Å². The van der Waals surface area contributed by atoms with E-state index in [9.17, 15) is 0 Å². The van der Waals surface area contributed by atoms with Crippen LogP contribution in [0, 0.1) is 5.92 Å². The second-order valence-corrected chi connectivity index (χ2v) is 9.35. The van der Waals surface area contributed by atoms with Crippen molar-refractivity contribution in [3.05, 3.63) is 90.6 Å². The molecular weight excluding hydrogens is 382 g/mol. The fraction of sp³-hybridized carbons (Fsp3) is 0.179. The Balaban J connectivity index is 1.77. The number of aromatic nitrogens is 1. The average Bonchev–Trinajstić information content (AvgIpc) is 3.17. The number of rotatable bonds is 4. The van der Waals surface area contributed by atoms with E-state index in [1.54, 1.807) is 0 Å². The maximum atomic E-state index is 4.88. The lowest BCUT2D eigenvalue weighted by Gasteiger charge is -2.21. The van der Waals surface area contributed by atoms with Crippen molar-refractivity contribution in [3.8, 4) is 22.4 Å². The molecule has 1 nitrogen and oxygen atoms in total. The molecular formula is C28H25NS. The van der Waals surface area contributed by atoms with E-state index in [0.29, 0.717) is 11.8 Å². The standard InChI is InChI=1S/C28H25NS/c1-18(2)19(3)20-10-4-5-11-21(20)22-12-6-7-14-24(22)27-28-25(16-17-29-27)23-13-8-9-15-26(23)30-28/h4-19H,1-3H3. The minimum atomic E-state index is 0.488. The summed E-state index contributed by atoms with van der Waals surface area (Å²) in [5, 5.41) is 2.60. The third kappa shape index (κ3) is 3.12. The summed E-state index contributed by atoms with van der Waals surface area (Å²) >= 11 is 1.84. The van der Waals surface area contributed by atoms with E-state index in [1.807, 2.05) is 17.5 Å². The highest BCUT2D eigenvalue weighted by atomic mass is 32.1. The smallest absolute Gasteiger partial charge is 0.0886 e. The third-order valence-corrected chi connectivity index (χ3v) is 7.41. The van der Waals surface area contributed by atoms with Gasteiger partial charge in [0.2, 0.25) is 0 Å². The Labute approximate surface area is 182 Å². The fourth-order valence-electron chi connectivity index (χ4n) is 4.27. The predicted octanol–water partition coefficient (Wildman–Crippen LogP) is 8.54. The SMILES string of the molecule is CC(C)C(C)c1ccccc1-c1ccccc1-c1nccc2c1sc1ccccc12. The molecule has 30 heavy (non-hydrogen) atoms. The lowest BCUT2D eigenvalue weighted by Crippen LogP contribution is -2.04. The lowest BCUT2D eigenvalue weighted by atomic mass is 9.84. The van der Waals surface area contributed by atoms with Gasteiger partial charge < -0.3 is 0 Å². The van der Waals surface area contributed by atoms with Crippen LogP contribution in [0.25, 0.3) is 42.6 Å². The zero-order valence-electron chi connectivity index (χ0n) is 17.6. The normalized spacial score (nSPS) is 12.7. The van der Waals surface area contributed by atoms with Gasteiger partial charge in [-0.3, -0.25) is 4.98 Å². The van der Waals surface area contributed by atoms with E-state index in [1.165, 1.54) is 42.4 Å². The molecule has 2 heterocycles. The molecule has 3 aromatic carbocycles. The molecule has 0 saturated carbocycles. The largest absolute Gasteiger partial charge is 0.255 e. The summed E-state index contributed by atoms with van der Waals surface area (Å²) in [4.78, 5) is 4.88. The minimum absolute atomic E-state index is 0.488. The molecule has 5 aromatic rings. The summed E-state index contributed by atoms with van der Waals surface area (Å²) in [5.74, 6) is 1.07. The van der Waals surface area contributed by atoms with Crippen molar-refractivity contribution in [3.63, 3.8) is 0 Å². The Bertz CT molecular complexity index is 1350. The van der Waals surface area contributed by atoms with Crippen LogP contribution in [0.15, 0.2) is 85.1 Å². The molecule has 0 aliphatic heterocycles. The molecule has 0 spiro atoms. The number of fused-ring (bicyclic) bond motifs is 3. The van der Waals surface area contributed by atoms with Crippen molar-refractivity contribution in [1.29, 1.82) is 0 Å². The van der Waals surface area contributed by atoms with Crippen LogP contribution in [0.5, 0.6) is 0 Å². The fourth-order valence-corrected chi connectivity index (χ4v) is 5.47. The maximum absolute atomic E-state index is 4.88. The first-order valence-electron chi connectivity index (χ1n) is 10.6. The van der Waals surface area contributed by atoms with Gasteiger partial charge in [0, 0.05) is 27.2 Å². The van der Waals surface area contributed by atoms with Crippen molar-refractivity contribution in [2.45, 2.75) is 26.7 Å². The monoisotopic (exact) mass is 407 g/mol. The zero-order valence-corrected chi connectivity index (χ0v) is 18.4. The van der Waals surface area contributed by atoms with Gasteiger partial charge >= 0.3 is 0 Å². The molecule has 1 unspecified atom stereocenters. The van der Waals surface area contributed by atoms with Gasteiger partial charge in [-0.1, -0.05) is 87.5 Å². The van der Waals surface area contributed by atoms with E-state index in [2.05, 4.69) is 99.6 Å². The topological polar surface area (TPSA) is 12.9 Å². The highest BCUT2D eigenvalue weighted by molar-refractivity contribution is 7.26. The van der Waals surface area contributed by atoms with Crippen molar-refractivity contribution in [2.75, 3.05) is 0 Å². The van der Waals surface area contributed by atoms with Gasteiger partial charge in [-0.2, -0.15) is 0 Å². The first kappa shape index (κ1) is 19.0. The molecule has 0 amide bonds. The van der Waals surface area contributed by atoms with E-state index in [0.717, 1.165) is 5.69 Å². The van der Waals surface area contributed by atoms with Gasteiger partial charge in [0.1, 0.15) is 0 Å². The molecule has 0 fully saturated rings. The second kappa shape index (κ2) is 7.70. The van der Waals surface area contributed by atoms with E-state index < -0.39 is 0 Å². The quantitative estimate of drug-likeness (QED) is 0.291. The summed E-state index contributed by atoms with van der Waals surface area (Å²) in [7, 11) is 0. The molecule has 0 radical (unpaired) electrons. The van der Waals surface area contributed by atoms with Gasteiger partial charge in [-0.05, 0) is 40.7 Å². The van der Waals surface area contributed by atoms with Gasteiger partial charge in [-0.25, -0.2) is 0 Å². The zero-order chi connectivity index (χ0) is 20.7. The third-order valence-electron chi connectivity index (χ3n) is 6.22. The molecule has 0 N–H and O–H groups in total. The summed E-state index contributed by atoms with van der Waals surface area (Å²) in [5.41, 5.74) is 6.27. The maximum Gasteiger partial charge on any atom is 0.0886 e. The number of pyridine rings is 1. The number of nitrogens with zero attached hydrogens (tertiary/aromatic N) is 1. The summed E-state index contributed by atoms with van der Waals surface area (Å²) in [6.07, 6.45) is 1.95. The van der Waals surface area contributed by atoms with Crippen molar-refractivity contribution >= 4 is 31.5 Å². The Morgan fingerprint density at radius 3 is 2.13 bits per heavy atom. The second-order valence-electron chi connectivity index (χ2n) is 8.30. The van der Waals surface area contributed by atoms with Crippen LogP contribution < -0.4 is 0 Å². The van der Waals surface area contributed by atoms with E-state index in [4.69, 9.17) is 4.98 Å². The lowest BCUT2D eigenvalue weighted by molar-refractivity contribution is 0.536. The van der Waals surface area contributed by atoms with Crippen LogP contribution in [0.2, 0.25) is 0 Å². The molecule has 2 aromatic heterocycles. The highest BCUT2D eigenvalue weighted by Crippen LogP contribution is 2.43. The Morgan fingerprint density at radius 2 is 1.33 bits per heavy atom. The van der Waals surface area contributed by atoms with Gasteiger partial charge in [0.15, 0.2) is 0 Å². The molecule has 1 atom stereocenters. The molecule has 2 heteroatoms. The molecule has 148 valence electrons. The van der Waals surface area contributed by atoms with Crippen LogP contribution in [0.3, 0.4) is 0 Å². The number of hydrogen-bond acceptors (Lipinski definition) is 2. The number of hydrogen-bond donors (Lipinski definition) is 0. The van der Waals surface area contributed by atoms with Crippen LogP contribution in [0.4, 0.5) is 0 Å². The van der Waals surface area contributed by atoms with Crippen molar-refractivity contribution < 1.29 is 0 Å². The number of benzene rings is 3. The van der Waals surface area contributed by atoms with Gasteiger partial charge in [0.25, 0.3) is 0 Å². The molecule has 0 aliphatic carbocycles. The predicted molar refractivity (Wildman–Crippen MR) is 131 cm³/mol. The number of thiophene rings is 1. The Hall–Kier alpha value is -2.97. The van der Waals surface area contributed by atoms with E-state index >= 15 is 0 Å². The summed E-state index contributed by atoms with van der Waals surface area (Å²) in [6.45, 7) is 6.93. The molecule has 0 aliphatic rings. The highest BCUT2D eigenvalue weighted by Gasteiger charge is 2.19. The van der Waals surface area contributed by atoms with Gasteiger partial charge in [-0.15, -0.1) is 11.3 Å². The first-order valence-corrected chi connectivity index (χ1v) is 11.4. The van der Waals surface area contributed by atoms with Crippen molar-refractivity contribution in [1.82, 2.24) is 4.98 Å². The van der Waals surface area contributed by atoms with Crippen LogP contribution in [-0.4, -0.2) is 4.98 Å². The Morgan fingerprint density at radius 1 is 0.667 bits per heavy atom. The first-order chi connectivity index (χ1) is 14.6. The minimum Gasteiger partial charge on any atom is -0.255 e. The van der Waals surface area contributed by atoms with Gasteiger partial charge in [0.05, 0.1) is 10.4 Å². The molecule has 5 rings (SSSR count).